The Labute approximate surface area is 240 Å². The summed E-state index contributed by atoms with van der Waals surface area (Å²) in [5, 5.41) is 0. The van der Waals surface area contributed by atoms with Crippen LogP contribution in [0.15, 0.2) is 11.8 Å². The molecule has 224 valence electrons. The van der Waals surface area contributed by atoms with E-state index in [0.29, 0.717) is 12.0 Å². The van der Waals surface area contributed by atoms with Crippen LogP contribution in [-0.4, -0.2) is 99.3 Å². The minimum absolute atomic E-state index is 0.226. The van der Waals surface area contributed by atoms with Gasteiger partial charge in [0, 0.05) is 41.2 Å². The summed E-state index contributed by atoms with van der Waals surface area (Å²) in [4.78, 5) is 90.5. The van der Waals surface area contributed by atoms with Gasteiger partial charge in [-0.05, 0) is 13.0 Å². The molecule has 1 spiro atoms. The van der Waals surface area contributed by atoms with Gasteiger partial charge in [-0.15, -0.1) is 0 Å². The quantitative estimate of drug-likeness (QED) is 0.235. The Morgan fingerprint density at radius 1 is 1.02 bits per heavy atom. The summed E-state index contributed by atoms with van der Waals surface area (Å²) < 4.78 is 27.9. The summed E-state index contributed by atoms with van der Waals surface area (Å²) in [5.41, 5.74) is -5.12. The van der Waals surface area contributed by atoms with Gasteiger partial charge in [0.05, 0.1) is 17.6 Å². The van der Waals surface area contributed by atoms with Gasteiger partial charge in [0.2, 0.25) is 4.87 Å². The molecule has 2 saturated heterocycles. The molecule has 0 aromatic heterocycles. The van der Waals surface area contributed by atoms with Crippen molar-refractivity contribution in [2.24, 2.45) is 5.41 Å². The number of nitrogens with zero attached hydrogens (tertiary/aromatic N) is 2. The molecule has 3 aliphatic heterocycles. The second-order valence-corrected chi connectivity index (χ2v) is 12.2. The number of hydrogen-bond donors (Lipinski definition) is 0. The van der Waals surface area contributed by atoms with Crippen LogP contribution in [0, 0.1) is 5.41 Å². The monoisotopic (exact) mass is 596 g/mol. The molecule has 0 N–H and O–H groups in total. The lowest BCUT2D eigenvalue weighted by molar-refractivity contribution is -0.195. The van der Waals surface area contributed by atoms with Gasteiger partial charge < -0.3 is 28.0 Å². The van der Waals surface area contributed by atoms with E-state index in [0.717, 1.165) is 37.5 Å². The van der Waals surface area contributed by atoms with Crippen LogP contribution in [-0.2, 0) is 56.7 Å². The number of ketones is 1. The van der Waals surface area contributed by atoms with Crippen molar-refractivity contribution in [3.63, 3.8) is 0 Å². The number of fused-ring (bicyclic) bond motifs is 3. The molecule has 0 aromatic rings. The van der Waals surface area contributed by atoms with Gasteiger partial charge in [0.25, 0.3) is 11.8 Å². The van der Waals surface area contributed by atoms with Crippen LogP contribution in [0.4, 0.5) is 0 Å². The molecule has 3 heterocycles. The Kier molecular flexibility index (Phi) is 7.31. The average molecular weight is 597 g/mol. The van der Waals surface area contributed by atoms with E-state index < -0.39 is 87.8 Å². The van der Waals surface area contributed by atoms with Gasteiger partial charge >= 0.3 is 23.9 Å². The summed E-state index contributed by atoms with van der Waals surface area (Å²) in [6.07, 6.45) is -1.32. The van der Waals surface area contributed by atoms with E-state index in [1.807, 2.05) is 0 Å². The standard InChI is InChI=1S/C26H32N2O12S/c1-12-23(6,7)20(34)25(38-12)10-18-24(39-15(4)31,21(25)37-14(3)30)9-17-19(33)27(8)26(11-36-13(2)29,22(35)28(17)18)41-40-16(5)32/h9,12,18,21H,10-11H2,1-8H3/t12-,18-,21+,24+,25-,26-/m1/s1. The van der Waals surface area contributed by atoms with Crippen molar-refractivity contribution in [1.29, 1.82) is 0 Å². The van der Waals surface area contributed by atoms with E-state index in [2.05, 4.69) is 0 Å². The van der Waals surface area contributed by atoms with Crippen molar-refractivity contribution in [2.45, 2.75) is 89.2 Å². The Morgan fingerprint density at radius 2 is 1.66 bits per heavy atom. The predicted molar refractivity (Wildman–Crippen MR) is 137 cm³/mol. The van der Waals surface area contributed by atoms with Crippen LogP contribution in [0.25, 0.3) is 0 Å². The lowest BCUT2D eigenvalue weighted by atomic mass is 9.76. The van der Waals surface area contributed by atoms with Crippen LogP contribution in [0.2, 0.25) is 0 Å². The van der Waals surface area contributed by atoms with Crippen LogP contribution in [0.3, 0.4) is 0 Å². The maximum absolute atomic E-state index is 14.4. The summed E-state index contributed by atoms with van der Waals surface area (Å²) in [5.74, 6) is -5.30. The molecule has 2 amide bonds. The first-order valence-corrected chi connectivity index (χ1v) is 13.6. The van der Waals surface area contributed by atoms with Gasteiger partial charge in [-0.25, -0.2) is 0 Å². The smallest absolute Gasteiger partial charge is 0.314 e. The Morgan fingerprint density at radius 3 is 2.15 bits per heavy atom. The first-order valence-electron chi connectivity index (χ1n) is 12.8. The normalized spacial score (nSPS) is 35.2. The lowest BCUT2D eigenvalue weighted by Crippen LogP contribution is -2.68. The molecule has 15 heteroatoms. The molecule has 1 saturated carbocycles. The zero-order chi connectivity index (χ0) is 30.9. The molecule has 6 atom stereocenters. The minimum atomic E-state index is -2.09. The molecule has 0 unspecified atom stereocenters. The topological polar surface area (TPSA) is 172 Å². The Bertz CT molecular complexity index is 1270. The van der Waals surface area contributed by atoms with Crippen LogP contribution < -0.4 is 0 Å². The second-order valence-electron chi connectivity index (χ2n) is 11.1. The van der Waals surface area contributed by atoms with Crippen LogP contribution >= 0.6 is 12.0 Å². The first-order chi connectivity index (χ1) is 18.9. The van der Waals surface area contributed by atoms with Gasteiger partial charge in [-0.2, -0.15) is 0 Å². The molecule has 41 heavy (non-hydrogen) atoms. The van der Waals surface area contributed by atoms with E-state index >= 15 is 0 Å². The van der Waals surface area contributed by atoms with Gasteiger partial charge in [-0.3, -0.25) is 38.5 Å². The first kappa shape index (κ1) is 30.5. The third kappa shape index (κ3) is 4.31. The number of amides is 2. The number of likely N-dealkylation sites (N-methyl/N-ethyl adjacent to an activating group) is 1. The average Bonchev–Trinajstić information content (AvgIpc) is 3.35. The number of carbonyl (C=O) groups is 7. The number of ether oxygens (including phenoxy) is 4. The van der Waals surface area contributed by atoms with Crippen molar-refractivity contribution in [2.75, 3.05) is 13.7 Å². The largest absolute Gasteiger partial charge is 0.462 e. The Balaban J connectivity index is 1.94. The molecule has 0 aromatic carbocycles. The summed E-state index contributed by atoms with van der Waals surface area (Å²) in [7, 11) is 1.25. The number of esters is 3. The lowest BCUT2D eigenvalue weighted by Gasteiger charge is -2.46. The maximum Gasteiger partial charge on any atom is 0.314 e. The summed E-state index contributed by atoms with van der Waals surface area (Å²) >= 11 is 0.315. The molecule has 0 radical (unpaired) electrons. The number of carbonyl (C=O) groups excluding carboxylic acids is 7. The molecule has 4 rings (SSSR count). The van der Waals surface area contributed by atoms with Crippen molar-refractivity contribution >= 4 is 53.5 Å². The number of Topliss-reactive ketones (excluding diaryl/α,β-unsaturated/α-hetero) is 1. The van der Waals surface area contributed by atoms with Crippen molar-refractivity contribution in [3.05, 3.63) is 11.8 Å². The van der Waals surface area contributed by atoms with E-state index in [1.165, 1.54) is 13.1 Å². The molecule has 1 aliphatic carbocycles. The fourth-order valence-electron chi connectivity index (χ4n) is 6.01. The zero-order valence-electron chi connectivity index (χ0n) is 23.9. The van der Waals surface area contributed by atoms with Crippen LogP contribution in [0.1, 0.15) is 54.9 Å². The summed E-state index contributed by atoms with van der Waals surface area (Å²) in [6.45, 7) is 8.70. The number of piperazine rings is 1. The molecule has 0 bridgehead atoms. The van der Waals surface area contributed by atoms with Crippen molar-refractivity contribution in [1.82, 2.24) is 9.80 Å². The molecular formula is C26H32N2O12S. The highest BCUT2D eigenvalue weighted by Gasteiger charge is 2.79. The highest BCUT2D eigenvalue weighted by Crippen LogP contribution is 2.59. The molecule has 3 fully saturated rings. The van der Waals surface area contributed by atoms with Crippen molar-refractivity contribution in [3.8, 4) is 0 Å². The SMILES string of the molecule is CC(=O)OC[C@@]1(SOC(C)=O)C(=O)N2C(=C[C@]3(OC(C)=O)[C@H]2C[C@]2(O[C@H](C)C(C)(C)C2=O)[C@H]3OC(C)=O)C(=O)N1C. The van der Waals surface area contributed by atoms with E-state index in [4.69, 9.17) is 23.1 Å². The fraction of sp³-hybridized carbons (Fsp3) is 0.654. The molecular weight excluding hydrogens is 564 g/mol. The predicted octanol–water partition coefficient (Wildman–Crippen LogP) is 0.414. The highest BCUT2D eigenvalue weighted by atomic mass is 32.2. The number of hydrogen-bond acceptors (Lipinski definition) is 13. The highest BCUT2D eigenvalue weighted by molar-refractivity contribution is 7.97. The minimum Gasteiger partial charge on any atom is -0.462 e. The summed E-state index contributed by atoms with van der Waals surface area (Å²) in [6, 6.07) is -1.27. The fourth-order valence-corrected chi connectivity index (χ4v) is 6.74. The van der Waals surface area contributed by atoms with Gasteiger partial charge in [0.15, 0.2) is 23.1 Å². The van der Waals surface area contributed by atoms with Crippen molar-refractivity contribution < 1.29 is 56.7 Å². The van der Waals surface area contributed by atoms with E-state index in [-0.39, 0.29) is 12.1 Å². The van der Waals surface area contributed by atoms with Gasteiger partial charge in [0.1, 0.15) is 24.3 Å². The van der Waals surface area contributed by atoms with Crippen LogP contribution in [0.5, 0.6) is 0 Å². The third-order valence-corrected chi connectivity index (χ3v) is 9.31. The number of rotatable bonds is 6. The van der Waals surface area contributed by atoms with Gasteiger partial charge in [-0.1, -0.05) is 13.8 Å². The van der Waals surface area contributed by atoms with E-state index in [1.54, 1.807) is 20.8 Å². The third-order valence-electron chi connectivity index (χ3n) is 8.15. The second kappa shape index (κ2) is 9.82. The van der Waals surface area contributed by atoms with E-state index in [9.17, 15) is 33.6 Å². The molecule has 4 aliphatic rings. The molecule has 14 nitrogen and oxygen atoms in total. The maximum atomic E-state index is 14.4. The Hall–Kier alpha value is -3.46. The zero-order valence-corrected chi connectivity index (χ0v) is 24.7.